The van der Waals surface area contributed by atoms with Crippen molar-refractivity contribution in [3.63, 3.8) is 0 Å². The number of ether oxygens (including phenoxy) is 1. The molecular formula is C18H15Cl3N2O3. The fourth-order valence-electron chi connectivity index (χ4n) is 1.87. The van der Waals surface area contributed by atoms with E-state index in [1.165, 1.54) is 12.2 Å². The fourth-order valence-corrected chi connectivity index (χ4v) is 2.46. The molecule has 2 rings (SSSR count). The third-order valence-corrected chi connectivity index (χ3v) is 4.19. The second-order valence-electron chi connectivity index (χ2n) is 5.24. The SMILES string of the molecule is Cc1cc(OCC(=O)NNC(=O)/C=C/c2ccc(Cl)cc2Cl)ccc1Cl. The van der Waals surface area contributed by atoms with Gasteiger partial charge in [-0.05, 0) is 54.5 Å². The van der Waals surface area contributed by atoms with Crippen LogP contribution in [0.25, 0.3) is 6.08 Å². The van der Waals surface area contributed by atoms with Gasteiger partial charge in [0.05, 0.1) is 0 Å². The number of amides is 2. The molecule has 0 aliphatic heterocycles. The van der Waals surface area contributed by atoms with Gasteiger partial charge in [-0.1, -0.05) is 40.9 Å². The Kier molecular flexibility index (Phi) is 7.33. The molecule has 0 radical (unpaired) electrons. The first kappa shape index (κ1) is 20.1. The molecule has 2 amide bonds. The van der Waals surface area contributed by atoms with Crippen molar-refractivity contribution in [2.24, 2.45) is 0 Å². The maximum Gasteiger partial charge on any atom is 0.276 e. The molecule has 0 unspecified atom stereocenters. The van der Waals surface area contributed by atoms with Gasteiger partial charge in [0.15, 0.2) is 6.61 Å². The van der Waals surface area contributed by atoms with Crippen LogP contribution < -0.4 is 15.6 Å². The Morgan fingerprint density at radius 2 is 1.81 bits per heavy atom. The van der Waals surface area contributed by atoms with Gasteiger partial charge in [0, 0.05) is 21.1 Å². The van der Waals surface area contributed by atoms with Crippen molar-refractivity contribution >= 4 is 52.7 Å². The van der Waals surface area contributed by atoms with E-state index in [4.69, 9.17) is 39.5 Å². The first-order chi connectivity index (χ1) is 12.3. The lowest BCUT2D eigenvalue weighted by molar-refractivity contribution is -0.128. The molecule has 0 heterocycles. The normalized spacial score (nSPS) is 10.6. The number of hydrogen-bond donors (Lipinski definition) is 2. The molecule has 0 aliphatic carbocycles. The molecule has 0 saturated heterocycles. The number of nitrogens with one attached hydrogen (secondary N) is 2. The van der Waals surface area contributed by atoms with Crippen LogP contribution in [-0.4, -0.2) is 18.4 Å². The molecule has 8 heteroatoms. The summed E-state index contributed by atoms with van der Waals surface area (Å²) in [5.41, 5.74) is 5.95. The first-order valence-electron chi connectivity index (χ1n) is 7.46. The van der Waals surface area contributed by atoms with E-state index in [9.17, 15) is 9.59 Å². The molecule has 2 N–H and O–H groups in total. The number of benzene rings is 2. The van der Waals surface area contributed by atoms with E-state index in [0.717, 1.165) is 5.56 Å². The molecule has 5 nitrogen and oxygen atoms in total. The standard InChI is InChI=1S/C18H15Cl3N2O3/c1-11-8-14(5-6-15(11)20)26-10-18(25)23-22-17(24)7-3-12-2-4-13(19)9-16(12)21/h2-9H,10H2,1H3,(H,22,24)(H,23,25)/b7-3+. The molecule has 26 heavy (non-hydrogen) atoms. The summed E-state index contributed by atoms with van der Waals surface area (Å²) < 4.78 is 5.32. The second kappa shape index (κ2) is 9.48. The van der Waals surface area contributed by atoms with Gasteiger partial charge in [0.25, 0.3) is 11.8 Å². The predicted molar refractivity (Wildman–Crippen MR) is 103 cm³/mol. The van der Waals surface area contributed by atoms with E-state index in [1.54, 1.807) is 36.4 Å². The smallest absolute Gasteiger partial charge is 0.276 e. The maximum absolute atomic E-state index is 11.7. The minimum absolute atomic E-state index is 0.256. The second-order valence-corrected chi connectivity index (χ2v) is 6.49. The van der Waals surface area contributed by atoms with E-state index in [-0.39, 0.29) is 6.61 Å². The molecule has 2 aromatic carbocycles. The monoisotopic (exact) mass is 412 g/mol. The van der Waals surface area contributed by atoms with Crippen LogP contribution in [0, 0.1) is 6.92 Å². The third kappa shape index (κ3) is 6.26. The van der Waals surface area contributed by atoms with Gasteiger partial charge in [0.1, 0.15) is 5.75 Å². The molecule has 0 aliphatic rings. The summed E-state index contributed by atoms with van der Waals surface area (Å²) in [7, 11) is 0. The Morgan fingerprint density at radius 3 is 2.50 bits per heavy atom. The summed E-state index contributed by atoms with van der Waals surface area (Å²) in [6.45, 7) is 1.57. The number of hydrazine groups is 1. The van der Waals surface area contributed by atoms with Gasteiger partial charge in [-0.25, -0.2) is 0 Å². The van der Waals surface area contributed by atoms with Gasteiger partial charge >= 0.3 is 0 Å². The van der Waals surface area contributed by atoms with Crippen molar-refractivity contribution in [2.75, 3.05) is 6.61 Å². The largest absolute Gasteiger partial charge is 0.484 e. The topological polar surface area (TPSA) is 67.4 Å². The minimum Gasteiger partial charge on any atom is -0.484 e. The Bertz CT molecular complexity index is 854. The van der Waals surface area contributed by atoms with Crippen LogP contribution >= 0.6 is 34.8 Å². The number of rotatable bonds is 5. The van der Waals surface area contributed by atoms with E-state index in [1.807, 2.05) is 6.92 Å². The molecule has 2 aromatic rings. The highest BCUT2D eigenvalue weighted by Crippen LogP contribution is 2.22. The Morgan fingerprint density at radius 1 is 1.04 bits per heavy atom. The lowest BCUT2D eigenvalue weighted by Gasteiger charge is -2.08. The zero-order valence-corrected chi connectivity index (χ0v) is 16.0. The number of carbonyl (C=O) groups is 2. The van der Waals surface area contributed by atoms with Gasteiger partial charge < -0.3 is 4.74 Å². The lowest BCUT2D eigenvalue weighted by atomic mass is 10.2. The number of halogens is 3. The highest BCUT2D eigenvalue weighted by atomic mass is 35.5. The molecule has 0 spiro atoms. The summed E-state index contributed by atoms with van der Waals surface area (Å²) in [4.78, 5) is 23.4. The molecule has 0 bridgehead atoms. The summed E-state index contributed by atoms with van der Waals surface area (Å²) in [6.07, 6.45) is 2.74. The van der Waals surface area contributed by atoms with Crippen LogP contribution in [0.5, 0.6) is 5.75 Å². The van der Waals surface area contributed by atoms with Crippen molar-refractivity contribution in [3.8, 4) is 5.75 Å². The van der Waals surface area contributed by atoms with Crippen LogP contribution in [0.2, 0.25) is 15.1 Å². The quantitative estimate of drug-likeness (QED) is 0.570. The summed E-state index contributed by atoms with van der Waals surface area (Å²) in [5, 5.41) is 1.53. The first-order valence-corrected chi connectivity index (χ1v) is 8.59. The average Bonchev–Trinajstić information content (AvgIpc) is 2.60. The molecule has 0 saturated carbocycles. The Balaban J connectivity index is 1.78. The fraction of sp³-hybridized carbons (Fsp3) is 0.111. The van der Waals surface area contributed by atoms with E-state index in [0.29, 0.717) is 26.4 Å². The molecule has 136 valence electrons. The predicted octanol–water partition coefficient (Wildman–Crippen LogP) is 4.19. The molecule has 0 aromatic heterocycles. The van der Waals surface area contributed by atoms with Gasteiger partial charge in [-0.2, -0.15) is 0 Å². The zero-order valence-electron chi connectivity index (χ0n) is 13.7. The van der Waals surface area contributed by atoms with Crippen molar-refractivity contribution in [1.82, 2.24) is 10.9 Å². The van der Waals surface area contributed by atoms with Crippen LogP contribution in [0.1, 0.15) is 11.1 Å². The third-order valence-electron chi connectivity index (χ3n) is 3.20. The van der Waals surface area contributed by atoms with Gasteiger partial charge in [-0.3, -0.25) is 20.4 Å². The van der Waals surface area contributed by atoms with Crippen molar-refractivity contribution < 1.29 is 14.3 Å². The number of hydrogen-bond acceptors (Lipinski definition) is 3. The van der Waals surface area contributed by atoms with Crippen LogP contribution in [0.3, 0.4) is 0 Å². The van der Waals surface area contributed by atoms with Crippen LogP contribution in [0.15, 0.2) is 42.5 Å². The van der Waals surface area contributed by atoms with Gasteiger partial charge in [0.2, 0.25) is 0 Å². The highest BCUT2D eigenvalue weighted by molar-refractivity contribution is 6.35. The lowest BCUT2D eigenvalue weighted by Crippen LogP contribution is -2.43. The average molecular weight is 414 g/mol. The van der Waals surface area contributed by atoms with Crippen molar-refractivity contribution in [2.45, 2.75) is 6.92 Å². The molecule has 0 fully saturated rings. The zero-order chi connectivity index (χ0) is 19.1. The minimum atomic E-state index is -0.522. The number of carbonyl (C=O) groups excluding carboxylic acids is 2. The summed E-state index contributed by atoms with van der Waals surface area (Å²) >= 11 is 17.7. The molecular weight excluding hydrogens is 399 g/mol. The Hall–Kier alpha value is -2.21. The highest BCUT2D eigenvalue weighted by Gasteiger charge is 2.05. The van der Waals surface area contributed by atoms with Gasteiger partial charge in [-0.15, -0.1) is 0 Å². The van der Waals surface area contributed by atoms with E-state index < -0.39 is 11.8 Å². The Labute approximate surface area is 165 Å². The van der Waals surface area contributed by atoms with Crippen LogP contribution in [0.4, 0.5) is 0 Å². The maximum atomic E-state index is 11.7. The van der Waals surface area contributed by atoms with E-state index in [2.05, 4.69) is 10.9 Å². The summed E-state index contributed by atoms with van der Waals surface area (Å²) in [6, 6.07) is 9.95. The van der Waals surface area contributed by atoms with E-state index >= 15 is 0 Å². The van der Waals surface area contributed by atoms with Crippen molar-refractivity contribution in [3.05, 3.63) is 68.7 Å². The molecule has 0 atom stereocenters. The summed E-state index contributed by atoms with van der Waals surface area (Å²) in [5.74, 6) is -0.527. The van der Waals surface area contributed by atoms with Crippen LogP contribution in [-0.2, 0) is 9.59 Å². The van der Waals surface area contributed by atoms with Crippen molar-refractivity contribution in [1.29, 1.82) is 0 Å². The number of aryl methyl sites for hydroxylation is 1.